The summed E-state index contributed by atoms with van der Waals surface area (Å²) in [5.41, 5.74) is 3.23. The second-order valence-corrected chi connectivity index (χ2v) is 8.20. The second-order valence-electron chi connectivity index (χ2n) is 8.20. The molecule has 2 aromatic heterocycles. The van der Waals surface area contributed by atoms with Crippen molar-refractivity contribution >= 4 is 33.7 Å². The average molecular weight is 560 g/mol. The van der Waals surface area contributed by atoms with Gasteiger partial charge in [0.15, 0.2) is 0 Å². The summed E-state index contributed by atoms with van der Waals surface area (Å²) >= 11 is 0. The monoisotopic (exact) mass is 560 g/mol. The molecule has 2 heterocycles. The van der Waals surface area contributed by atoms with Crippen LogP contribution < -0.4 is 0 Å². The number of carboxylic acid groups (broad SMARTS) is 2. The van der Waals surface area contributed by atoms with E-state index in [9.17, 15) is 19.8 Å². The third-order valence-electron chi connectivity index (χ3n) is 5.53. The fourth-order valence-electron chi connectivity index (χ4n) is 3.94. The molecule has 0 unspecified atom stereocenters. The van der Waals surface area contributed by atoms with Gasteiger partial charge in [-0.3, -0.25) is 29.4 Å². The maximum atomic E-state index is 11.5. The number of para-hydroxylation sites is 2. The van der Waals surface area contributed by atoms with E-state index < -0.39 is 11.9 Å². The Kier molecular flexibility index (Phi) is 9.37. The summed E-state index contributed by atoms with van der Waals surface area (Å²) in [6.07, 6.45) is 0. The number of aromatic nitrogens is 2. The third-order valence-corrected chi connectivity index (χ3v) is 5.53. The van der Waals surface area contributed by atoms with Gasteiger partial charge in [0.1, 0.15) is 0 Å². The van der Waals surface area contributed by atoms with Gasteiger partial charge in [0.05, 0.1) is 35.5 Å². The van der Waals surface area contributed by atoms with E-state index in [1.165, 1.54) is 0 Å². The topological polar surface area (TPSA) is 107 Å². The summed E-state index contributed by atoms with van der Waals surface area (Å²) in [4.78, 5) is 35.8. The first-order valence-electron chi connectivity index (χ1n) is 11.0. The van der Waals surface area contributed by atoms with Gasteiger partial charge in [0, 0.05) is 37.0 Å². The predicted molar refractivity (Wildman–Crippen MR) is 129 cm³/mol. The van der Waals surface area contributed by atoms with Crippen molar-refractivity contribution in [2.75, 3.05) is 26.2 Å². The van der Waals surface area contributed by atoms with Crippen LogP contribution in [0.25, 0.3) is 21.8 Å². The van der Waals surface area contributed by atoms with Gasteiger partial charge in [-0.1, -0.05) is 48.5 Å². The number of pyridine rings is 2. The van der Waals surface area contributed by atoms with Gasteiger partial charge in [0.25, 0.3) is 0 Å². The fourth-order valence-corrected chi connectivity index (χ4v) is 3.94. The van der Waals surface area contributed by atoms with E-state index in [1.54, 1.807) is 9.80 Å². The van der Waals surface area contributed by atoms with Crippen molar-refractivity contribution in [2.24, 2.45) is 0 Å². The number of rotatable bonds is 11. The van der Waals surface area contributed by atoms with Gasteiger partial charge in [-0.2, -0.15) is 0 Å². The summed E-state index contributed by atoms with van der Waals surface area (Å²) in [6.45, 7) is 1.13. The Labute approximate surface area is 216 Å². The predicted octanol–water partition coefficient (Wildman–Crippen LogP) is 3.25. The molecule has 180 valence electrons. The molecule has 0 atom stereocenters. The van der Waals surface area contributed by atoms with E-state index >= 15 is 0 Å². The van der Waals surface area contributed by atoms with Gasteiger partial charge < -0.3 is 10.2 Å². The Morgan fingerprint density at radius 2 is 1.03 bits per heavy atom. The van der Waals surface area contributed by atoms with Gasteiger partial charge in [0.2, 0.25) is 0 Å². The number of benzene rings is 2. The van der Waals surface area contributed by atoms with Gasteiger partial charge in [-0.05, 0) is 24.3 Å². The number of hydrogen-bond donors (Lipinski definition) is 2. The smallest absolute Gasteiger partial charge is 0.480 e. The molecule has 0 aliphatic rings. The maximum absolute atomic E-state index is 11.5. The molecule has 4 rings (SSSR count). The SMILES string of the molecule is O=C(O)CN(CCN(CC(=O)O)Cc1ccc2ccccc2n1)Cc1ccc2ccccc2n1.[Ru+2]. The third kappa shape index (κ3) is 7.62. The zero-order chi connectivity index (χ0) is 23.9. The number of fused-ring (bicyclic) bond motifs is 2. The molecule has 0 bridgehead atoms. The van der Waals surface area contributed by atoms with E-state index in [4.69, 9.17) is 0 Å². The summed E-state index contributed by atoms with van der Waals surface area (Å²) in [7, 11) is 0. The summed E-state index contributed by atoms with van der Waals surface area (Å²) in [5.74, 6) is -1.89. The minimum absolute atomic E-state index is 0. The molecule has 2 N–H and O–H groups in total. The Morgan fingerprint density at radius 1 is 0.629 bits per heavy atom. The number of carboxylic acids is 2. The van der Waals surface area contributed by atoms with Crippen LogP contribution in [0.2, 0.25) is 0 Å². The van der Waals surface area contributed by atoms with Gasteiger partial charge in [-0.15, -0.1) is 0 Å². The van der Waals surface area contributed by atoms with Crippen LogP contribution in [0.1, 0.15) is 11.4 Å². The molecule has 9 heteroatoms. The summed E-state index contributed by atoms with van der Waals surface area (Å²) < 4.78 is 0. The minimum Gasteiger partial charge on any atom is -0.480 e. The standard InChI is InChI=1S/C26H26N4O4.Ru/c31-25(32)17-29(15-21-11-9-19-5-1-3-7-23(19)27-21)13-14-30(18-26(33)34)16-22-12-10-20-6-2-4-8-24(20)28-22;/h1-12H,13-18H2,(H,31,32)(H,33,34);/q;+2. The van der Waals surface area contributed by atoms with E-state index in [0.717, 1.165) is 33.2 Å². The van der Waals surface area contributed by atoms with Gasteiger partial charge in [-0.25, -0.2) is 0 Å². The molecule has 4 aromatic rings. The van der Waals surface area contributed by atoms with Crippen molar-refractivity contribution in [3.63, 3.8) is 0 Å². The fraction of sp³-hybridized carbons (Fsp3) is 0.231. The van der Waals surface area contributed by atoms with Crippen LogP contribution >= 0.6 is 0 Å². The molecule has 0 saturated heterocycles. The molecule has 0 fully saturated rings. The minimum atomic E-state index is -0.943. The van der Waals surface area contributed by atoms with Crippen LogP contribution in [0.5, 0.6) is 0 Å². The van der Waals surface area contributed by atoms with Crippen LogP contribution in [0.3, 0.4) is 0 Å². The number of aliphatic carboxylic acids is 2. The Hall–Kier alpha value is -3.26. The number of hydrogen-bond acceptors (Lipinski definition) is 6. The Balaban J connectivity index is 0.00000342. The molecular weight excluding hydrogens is 533 g/mol. The molecule has 0 amide bonds. The van der Waals surface area contributed by atoms with Crippen molar-refractivity contribution in [3.05, 3.63) is 84.2 Å². The zero-order valence-electron chi connectivity index (χ0n) is 19.0. The molecule has 0 aliphatic carbocycles. The van der Waals surface area contributed by atoms with Crippen LogP contribution in [0, 0.1) is 0 Å². The molecule has 2 aromatic carbocycles. The van der Waals surface area contributed by atoms with Crippen molar-refractivity contribution < 1.29 is 39.3 Å². The largest absolute Gasteiger partial charge is 2.00 e. The zero-order valence-corrected chi connectivity index (χ0v) is 20.8. The molecular formula is C26H26N4O4Ru+2. The average Bonchev–Trinajstić information content (AvgIpc) is 2.81. The van der Waals surface area contributed by atoms with Crippen LogP contribution in [-0.4, -0.2) is 68.1 Å². The molecule has 0 radical (unpaired) electrons. The van der Waals surface area contributed by atoms with E-state index in [2.05, 4.69) is 9.97 Å². The van der Waals surface area contributed by atoms with Crippen LogP contribution in [0.4, 0.5) is 0 Å². The van der Waals surface area contributed by atoms with E-state index in [1.807, 2.05) is 72.8 Å². The van der Waals surface area contributed by atoms with Crippen LogP contribution in [0.15, 0.2) is 72.8 Å². The molecule has 0 saturated carbocycles. The molecule has 0 spiro atoms. The first-order valence-corrected chi connectivity index (χ1v) is 11.0. The first kappa shape index (κ1) is 26.3. The second kappa shape index (κ2) is 12.4. The number of nitrogens with zero attached hydrogens (tertiary/aromatic N) is 4. The van der Waals surface area contributed by atoms with Crippen LogP contribution in [-0.2, 0) is 42.2 Å². The van der Waals surface area contributed by atoms with E-state index in [0.29, 0.717) is 26.2 Å². The summed E-state index contributed by atoms with van der Waals surface area (Å²) in [6, 6.07) is 23.3. The molecule has 8 nitrogen and oxygen atoms in total. The normalized spacial score (nSPS) is 11.1. The maximum Gasteiger partial charge on any atom is 2.00 e. The van der Waals surface area contributed by atoms with E-state index in [-0.39, 0.29) is 32.6 Å². The molecule has 35 heavy (non-hydrogen) atoms. The Morgan fingerprint density at radius 3 is 1.43 bits per heavy atom. The quantitative estimate of drug-likeness (QED) is 0.270. The number of carbonyl (C=O) groups is 2. The summed E-state index contributed by atoms with van der Waals surface area (Å²) in [5, 5.41) is 20.8. The van der Waals surface area contributed by atoms with Crippen molar-refractivity contribution in [2.45, 2.75) is 13.1 Å². The van der Waals surface area contributed by atoms with Crippen molar-refractivity contribution in [1.82, 2.24) is 19.8 Å². The molecule has 0 aliphatic heterocycles. The van der Waals surface area contributed by atoms with Gasteiger partial charge >= 0.3 is 31.4 Å². The van der Waals surface area contributed by atoms with Crippen molar-refractivity contribution in [1.29, 1.82) is 0 Å². The first-order chi connectivity index (χ1) is 16.5. The van der Waals surface area contributed by atoms with Crippen molar-refractivity contribution in [3.8, 4) is 0 Å². The Bertz CT molecular complexity index is 1220.